The molecule has 4 rings (SSSR count). The van der Waals surface area contributed by atoms with Crippen LogP contribution in [0.15, 0.2) is 36.8 Å². The van der Waals surface area contributed by atoms with Crippen molar-refractivity contribution in [3.8, 4) is 16.3 Å². The van der Waals surface area contributed by atoms with Crippen LogP contribution < -0.4 is 10.1 Å². The quantitative estimate of drug-likeness (QED) is 0.473. The van der Waals surface area contributed by atoms with E-state index in [1.54, 1.807) is 25.3 Å². The van der Waals surface area contributed by atoms with Gasteiger partial charge in [0.15, 0.2) is 0 Å². The second-order valence-electron chi connectivity index (χ2n) is 8.96. The normalized spacial score (nSPS) is 18.9. The predicted molar refractivity (Wildman–Crippen MR) is 124 cm³/mol. The SMILES string of the molecule is Cc1cnc(-c2cc(OCC3(C)CCOC3)cc(C(=O)NC(C)c3cnc(C(F)(F)F)nc3)c2)s1. The fourth-order valence-electron chi connectivity index (χ4n) is 3.58. The molecule has 0 spiro atoms. The molecule has 1 aliphatic rings. The number of ether oxygens (including phenoxy) is 2. The molecule has 1 amide bonds. The molecule has 1 saturated heterocycles. The monoisotopic (exact) mass is 506 g/mol. The number of halogens is 3. The maximum atomic E-state index is 13.1. The molecular weight excluding hydrogens is 481 g/mol. The summed E-state index contributed by atoms with van der Waals surface area (Å²) >= 11 is 1.50. The van der Waals surface area contributed by atoms with Gasteiger partial charge in [-0.15, -0.1) is 11.3 Å². The third-order valence-electron chi connectivity index (χ3n) is 5.70. The van der Waals surface area contributed by atoms with Crippen LogP contribution in [0.25, 0.3) is 10.6 Å². The Balaban J connectivity index is 1.55. The summed E-state index contributed by atoms with van der Waals surface area (Å²) in [6.45, 7) is 7.43. The lowest BCUT2D eigenvalue weighted by Gasteiger charge is -2.22. The zero-order chi connectivity index (χ0) is 25.2. The number of alkyl halides is 3. The average Bonchev–Trinajstić information content (AvgIpc) is 3.46. The van der Waals surface area contributed by atoms with E-state index in [-0.39, 0.29) is 5.41 Å². The molecule has 35 heavy (non-hydrogen) atoms. The predicted octanol–water partition coefficient (Wildman–Crippen LogP) is 5.22. The average molecular weight is 507 g/mol. The maximum absolute atomic E-state index is 13.1. The number of nitrogens with zero attached hydrogens (tertiary/aromatic N) is 3. The Kier molecular flexibility index (Phi) is 7.09. The Morgan fingerprint density at radius 2 is 1.97 bits per heavy atom. The molecular formula is C24H25F3N4O3S. The van der Waals surface area contributed by atoms with Crippen molar-refractivity contribution in [3.05, 3.63) is 58.6 Å². The van der Waals surface area contributed by atoms with Crippen LogP contribution in [0, 0.1) is 12.3 Å². The fourth-order valence-corrected chi connectivity index (χ4v) is 4.33. The lowest BCUT2D eigenvalue weighted by Crippen LogP contribution is -2.27. The minimum atomic E-state index is -4.63. The second-order valence-corrected chi connectivity index (χ2v) is 10.2. The highest BCUT2D eigenvalue weighted by Gasteiger charge is 2.34. The Bertz CT molecular complexity index is 1190. The van der Waals surface area contributed by atoms with Crippen LogP contribution in [0.2, 0.25) is 0 Å². The van der Waals surface area contributed by atoms with Gasteiger partial charge in [0.05, 0.1) is 19.3 Å². The molecule has 1 N–H and O–H groups in total. The summed E-state index contributed by atoms with van der Waals surface area (Å²) in [5, 5.41) is 3.55. The van der Waals surface area contributed by atoms with Gasteiger partial charge in [-0.25, -0.2) is 15.0 Å². The summed E-state index contributed by atoms with van der Waals surface area (Å²) in [6.07, 6.45) is 0.149. The number of carbonyl (C=O) groups is 1. The van der Waals surface area contributed by atoms with Crippen molar-refractivity contribution in [2.24, 2.45) is 5.41 Å². The molecule has 2 unspecified atom stereocenters. The molecule has 2 aromatic heterocycles. The first kappa shape index (κ1) is 25.1. The highest BCUT2D eigenvalue weighted by molar-refractivity contribution is 7.14. The third kappa shape index (κ3) is 6.15. The number of carbonyl (C=O) groups excluding carboxylic acids is 1. The first-order valence-electron chi connectivity index (χ1n) is 11.0. The van der Waals surface area contributed by atoms with Gasteiger partial charge in [0.25, 0.3) is 5.91 Å². The van der Waals surface area contributed by atoms with Gasteiger partial charge in [-0.3, -0.25) is 4.79 Å². The van der Waals surface area contributed by atoms with Crippen molar-refractivity contribution in [1.82, 2.24) is 20.3 Å². The van der Waals surface area contributed by atoms with Crippen molar-refractivity contribution in [3.63, 3.8) is 0 Å². The number of nitrogens with one attached hydrogen (secondary N) is 1. The standard InChI is InChI=1S/C24H25F3N4O3S/c1-14-9-28-21(35-14)17-6-16(7-19(8-17)34-13-23(3)4-5-33-12-23)20(32)31-15(2)18-10-29-22(30-11-18)24(25,26)27/h6-11,15H,4-5,12-13H2,1-3H3,(H,31,32). The van der Waals surface area contributed by atoms with Crippen LogP contribution in [0.4, 0.5) is 13.2 Å². The lowest BCUT2D eigenvalue weighted by atomic mass is 9.91. The van der Waals surface area contributed by atoms with E-state index < -0.39 is 23.9 Å². The van der Waals surface area contributed by atoms with Gasteiger partial charge in [0, 0.05) is 52.2 Å². The molecule has 11 heteroatoms. The Morgan fingerprint density at radius 1 is 1.23 bits per heavy atom. The second kappa shape index (κ2) is 9.90. The van der Waals surface area contributed by atoms with Gasteiger partial charge < -0.3 is 14.8 Å². The van der Waals surface area contributed by atoms with E-state index in [1.165, 1.54) is 11.3 Å². The lowest BCUT2D eigenvalue weighted by molar-refractivity contribution is -0.145. The van der Waals surface area contributed by atoms with E-state index in [1.807, 2.05) is 13.0 Å². The third-order valence-corrected chi connectivity index (χ3v) is 6.66. The van der Waals surface area contributed by atoms with E-state index in [4.69, 9.17) is 9.47 Å². The van der Waals surface area contributed by atoms with Crippen LogP contribution in [0.5, 0.6) is 5.75 Å². The van der Waals surface area contributed by atoms with Crippen molar-refractivity contribution < 1.29 is 27.4 Å². The van der Waals surface area contributed by atoms with Crippen LogP contribution in [0.1, 0.15) is 52.9 Å². The first-order valence-corrected chi connectivity index (χ1v) is 11.8. The molecule has 7 nitrogen and oxygen atoms in total. The summed E-state index contributed by atoms with van der Waals surface area (Å²) in [7, 11) is 0. The van der Waals surface area contributed by atoms with E-state index >= 15 is 0 Å². The maximum Gasteiger partial charge on any atom is 0.451 e. The van der Waals surface area contributed by atoms with Gasteiger partial charge in [0.2, 0.25) is 5.82 Å². The Morgan fingerprint density at radius 3 is 2.57 bits per heavy atom. The molecule has 0 saturated carbocycles. The van der Waals surface area contributed by atoms with Crippen molar-refractivity contribution in [2.75, 3.05) is 19.8 Å². The minimum Gasteiger partial charge on any atom is -0.493 e. The molecule has 1 fully saturated rings. The van der Waals surface area contributed by atoms with E-state index in [9.17, 15) is 18.0 Å². The molecule has 1 aromatic carbocycles. The number of hydrogen-bond acceptors (Lipinski definition) is 7. The summed E-state index contributed by atoms with van der Waals surface area (Å²) in [6, 6.07) is 4.60. The molecule has 1 aliphatic heterocycles. The number of thiazole rings is 1. The van der Waals surface area contributed by atoms with Crippen LogP contribution in [-0.4, -0.2) is 40.7 Å². The number of rotatable bonds is 7. The number of hydrogen-bond donors (Lipinski definition) is 1. The Labute approximate surface area is 204 Å². The van der Waals surface area contributed by atoms with Gasteiger partial charge in [-0.2, -0.15) is 13.2 Å². The largest absolute Gasteiger partial charge is 0.493 e. The van der Waals surface area contributed by atoms with Crippen molar-refractivity contribution >= 4 is 17.2 Å². The smallest absolute Gasteiger partial charge is 0.451 e. The minimum absolute atomic E-state index is 0.104. The molecule has 2 atom stereocenters. The molecule has 0 aliphatic carbocycles. The van der Waals surface area contributed by atoms with Crippen molar-refractivity contribution in [2.45, 2.75) is 39.4 Å². The highest BCUT2D eigenvalue weighted by Crippen LogP contribution is 2.33. The Hall–Kier alpha value is -3.05. The molecule has 0 bridgehead atoms. The fraction of sp³-hybridized carbons (Fsp3) is 0.417. The van der Waals surface area contributed by atoms with Crippen LogP contribution in [0.3, 0.4) is 0 Å². The van der Waals surface area contributed by atoms with E-state index in [0.717, 1.165) is 34.3 Å². The van der Waals surface area contributed by atoms with Gasteiger partial charge in [-0.05, 0) is 38.5 Å². The van der Waals surface area contributed by atoms with Crippen LogP contribution >= 0.6 is 11.3 Å². The zero-order valence-corrected chi connectivity index (χ0v) is 20.3. The summed E-state index contributed by atoms with van der Waals surface area (Å²) in [4.78, 5) is 25.3. The van der Waals surface area contributed by atoms with E-state index in [2.05, 4.69) is 27.2 Å². The van der Waals surface area contributed by atoms with Gasteiger partial charge in [0.1, 0.15) is 10.8 Å². The molecule has 3 heterocycles. The molecule has 0 radical (unpaired) electrons. The van der Waals surface area contributed by atoms with Crippen molar-refractivity contribution in [1.29, 1.82) is 0 Å². The van der Waals surface area contributed by atoms with Gasteiger partial charge in [-0.1, -0.05) is 6.92 Å². The first-order chi connectivity index (χ1) is 16.5. The topological polar surface area (TPSA) is 86.2 Å². The number of amides is 1. The van der Waals surface area contributed by atoms with Gasteiger partial charge >= 0.3 is 6.18 Å². The van der Waals surface area contributed by atoms with Crippen LogP contribution in [-0.2, 0) is 10.9 Å². The summed E-state index contributed by atoms with van der Waals surface area (Å²) < 4.78 is 49.8. The highest BCUT2D eigenvalue weighted by atomic mass is 32.1. The number of benzene rings is 1. The number of aryl methyl sites for hydroxylation is 1. The van der Waals surface area contributed by atoms with E-state index in [0.29, 0.717) is 36.7 Å². The molecule has 3 aromatic rings. The summed E-state index contributed by atoms with van der Waals surface area (Å²) in [5.41, 5.74) is 1.33. The number of aromatic nitrogens is 3. The molecule has 186 valence electrons. The zero-order valence-electron chi connectivity index (χ0n) is 19.5. The summed E-state index contributed by atoms with van der Waals surface area (Å²) in [5.74, 6) is -1.11.